The van der Waals surface area contributed by atoms with E-state index in [-0.39, 0.29) is 54.6 Å². The summed E-state index contributed by atoms with van der Waals surface area (Å²) < 4.78 is 0. The second kappa shape index (κ2) is 29.3. The fraction of sp³-hybridized carbons (Fsp3) is 0.444. The Balaban J connectivity index is -0.000000108. The zero-order valence-electron chi connectivity index (χ0n) is 15.2. The van der Waals surface area contributed by atoms with E-state index in [9.17, 15) is 0 Å². The summed E-state index contributed by atoms with van der Waals surface area (Å²) in [5, 5.41) is 0. The minimum Gasteiger partial charge on any atom is -0.789 e. The van der Waals surface area contributed by atoms with E-state index >= 15 is 0 Å². The average molecular weight is 486 g/mol. The second-order valence-electron chi connectivity index (χ2n) is 5.25. The van der Waals surface area contributed by atoms with Crippen molar-refractivity contribution in [2.75, 3.05) is 50.5 Å². The van der Waals surface area contributed by atoms with E-state index in [1.165, 1.54) is 12.3 Å². The quantitative estimate of drug-likeness (QED) is 0.263. The molecule has 0 spiro atoms. The molecule has 0 unspecified atom stereocenters. The summed E-state index contributed by atoms with van der Waals surface area (Å²) in [6, 6.07) is 20.0. The standard InChI is InChI=1S/2C5H5.2C4H11PS.Cu.Ti/c2*1-2-4-5-3-1;2*1-5(2)3-4-6;;/h2*1-5H;2*6H,3-4H2,1-2H3;;/q-5;-1;;;+1;. The van der Waals surface area contributed by atoms with Crippen molar-refractivity contribution in [1.29, 1.82) is 0 Å². The maximum absolute atomic E-state index is 4.75. The van der Waals surface area contributed by atoms with Crippen molar-refractivity contribution in [3.63, 3.8) is 0 Å². The van der Waals surface area contributed by atoms with Crippen LogP contribution < -0.4 is 0 Å². The van der Waals surface area contributed by atoms with Crippen LogP contribution >= 0.6 is 15.8 Å². The second-order valence-corrected chi connectivity index (χ2v) is 11.9. The predicted octanol–water partition coefficient (Wildman–Crippen LogP) is 4.82. The summed E-state index contributed by atoms with van der Waals surface area (Å²) in [4.78, 5) is 0. The molecule has 0 radical (unpaired) electrons. The van der Waals surface area contributed by atoms with E-state index in [4.69, 9.17) is 25.3 Å². The molecule has 0 heterocycles. The van der Waals surface area contributed by atoms with E-state index < -0.39 is 0 Å². The van der Waals surface area contributed by atoms with Gasteiger partial charge in [-0.25, -0.2) is 12.1 Å². The molecule has 6 heteroatoms. The van der Waals surface area contributed by atoms with Crippen LogP contribution in [-0.4, -0.2) is 50.5 Å². The van der Waals surface area contributed by atoms with Gasteiger partial charge in [0.25, 0.3) is 0 Å². The van der Waals surface area contributed by atoms with Crippen LogP contribution in [0.15, 0.2) is 60.7 Å². The Morgan fingerprint density at radius 2 is 1.00 bits per heavy atom. The molecule has 0 aromatic heterocycles. The molecule has 0 aliphatic carbocycles. The van der Waals surface area contributed by atoms with Gasteiger partial charge in [0, 0.05) is 60.7 Å². The number of hydrogen-bond donors (Lipinski definition) is 0. The van der Waals surface area contributed by atoms with Gasteiger partial charge in [-0.05, 0) is 15.8 Å². The predicted molar refractivity (Wildman–Crippen MR) is 119 cm³/mol. The molecule has 0 aliphatic heterocycles. The molecule has 0 nitrogen and oxygen atoms in total. The minimum atomic E-state index is 0. The molecule has 24 heavy (non-hydrogen) atoms. The Labute approximate surface area is 189 Å². The molecule has 146 valence electrons. The van der Waals surface area contributed by atoms with E-state index in [1.54, 1.807) is 0 Å². The van der Waals surface area contributed by atoms with Gasteiger partial charge in [-0.1, -0.05) is 0 Å². The Hall–Kier alpha value is 1.49. The first kappa shape index (κ1) is 33.1. The summed E-state index contributed by atoms with van der Waals surface area (Å²) in [5.74, 6) is 1.92. The van der Waals surface area contributed by atoms with Crippen molar-refractivity contribution in [2.24, 2.45) is 0 Å². The normalized spacial score (nSPS) is 8.33. The van der Waals surface area contributed by atoms with Gasteiger partial charge < -0.3 is 55.6 Å². The maximum Gasteiger partial charge on any atom is 1.00 e. The van der Waals surface area contributed by atoms with Crippen molar-refractivity contribution in [1.82, 2.24) is 0 Å². The van der Waals surface area contributed by atoms with E-state index in [0.717, 1.165) is 11.5 Å². The van der Waals surface area contributed by atoms with Gasteiger partial charge in [0.2, 0.25) is 0 Å². The summed E-state index contributed by atoms with van der Waals surface area (Å²) in [5.41, 5.74) is 0. The fourth-order valence-corrected chi connectivity index (χ4v) is 4.32. The van der Waals surface area contributed by atoms with Crippen molar-refractivity contribution in [3.05, 3.63) is 60.7 Å². The first-order valence-electron chi connectivity index (χ1n) is 7.62. The summed E-state index contributed by atoms with van der Waals surface area (Å²) in [6.07, 6.45) is 2.58. The van der Waals surface area contributed by atoms with Crippen LogP contribution in [0.4, 0.5) is 0 Å². The largest absolute Gasteiger partial charge is 1.00 e. The first-order chi connectivity index (χ1) is 10.5. The van der Waals surface area contributed by atoms with Crippen LogP contribution in [0.2, 0.25) is 0 Å². The topological polar surface area (TPSA) is 0 Å². The number of hydrogen-bond acceptors (Lipinski definition) is 2. The molecule has 2 rings (SSSR count). The van der Waals surface area contributed by atoms with Crippen LogP contribution in [-0.2, 0) is 64.0 Å². The smallest absolute Gasteiger partial charge is 0.789 e. The van der Waals surface area contributed by atoms with Crippen molar-refractivity contribution in [3.8, 4) is 0 Å². The molecule has 0 saturated carbocycles. The Morgan fingerprint density at radius 1 is 0.708 bits per heavy atom. The Morgan fingerprint density at radius 3 is 1.08 bits per heavy atom. The third-order valence-corrected chi connectivity index (χ3v) is 5.95. The summed E-state index contributed by atoms with van der Waals surface area (Å²) in [6.45, 7) is 9.15. The molecule has 0 fully saturated rings. The van der Waals surface area contributed by atoms with Crippen LogP contribution in [0.3, 0.4) is 0 Å². The molecule has 0 bridgehead atoms. The van der Waals surface area contributed by atoms with Crippen LogP contribution in [0.25, 0.3) is 0 Å². The Bertz CT molecular complexity index is 284. The maximum atomic E-state index is 4.75. The average Bonchev–Trinajstić information content (AvgIpc) is 3.19. The van der Waals surface area contributed by atoms with Gasteiger partial charge in [0.15, 0.2) is 0 Å². The summed E-state index contributed by atoms with van der Waals surface area (Å²) >= 11 is 9.51. The SMILES string of the molecule is C[PH+](C)CC[S-].C[PH+](C)CC[S-].[Cu+].[Ti].[cH-]1[cH-][cH-][cH-][cH-]1.c1cc[cH-]c1. The van der Waals surface area contributed by atoms with Crippen molar-refractivity contribution >= 4 is 41.1 Å². The van der Waals surface area contributed by atoms with Gasteiger partial charge in [-0.2, -0.15) is 18.2 Å². The molecule has 2 aromatic rings. The fourth-order valence-electron chi connectivity index (χ4n) is 1.05. The zero-order valence-corrected chi connectivity index (χ0v) is 21.4. The van der Waals surface area contributed by atoms with E-state index in [1.807, 2.05) is 60.7 Å². The molecule has 0 N–H and O–H groups in total. The van der Waals surface area contributed by atoms with E-state index in [2.05, 4.69) is 26.7 Å². The van der Waals surface area contributed by atoms with Crippen molar-refractivity contribution in [2.45, 2.75) is 0 Å². The van der Waals surface area contributed by atoms with Gasteiger partial charge in [0.05, 0.1) is 0 Å². The van der Waals surface area contributed by atoms with Crippen molar-refractivity contribution < 1.29 is 38.8 Å². The third-order valence-electron chi connectivity index (χ3n) is 2.32. The third kappa shape index (κ3) is 38.8. The molecule has 0 amide bonds. The molecule has 0 aliphatic rings. The van der Waals surface area contributed by atoms with Gasteiger partial charge in [0.1, 0.15) is 0 Å². The molecule has 2 aromatic carbocycles. The first-order valence-corrected chi connectivity index (χ1v) is 14.2. The van der Waals surface area contributed by atoms with Crippen LogP contribution in [0.1, 0.15) is 0 Å². The Kier molecular flexibility index (Phi) is 40.4. The molecular formula is C18H32CuP2S2Ti-5. The molecule has 0 saturated heterocycles. The minimum absolute atomic E-state index is 0. The monoisotopic (exact) mass is 485 g/mol. The number of rotatable bonds is 4. The van der Waals surface area contributed by atoms with Gasteiger partial charge in [-0.3, -0.25) is 0 Å². The van der Waals surface area contributed by atoms with Crippen LogP contribution in [0, 0.1) is 0 Å². The van der Waals surface area contributed by atoms with Crippen LogP contribution in [0.5, 0.6) is 0 Å². The zero-order chi connectivity index (χ0) is 17.1. The molecular weight excluding hydrogens is 454 g/mol. The van der Waals surface area contributed by atoms with Gasteiger partial charge in [-0.15, -0.1) is 11.5 Å². The summed E-state index contributed by atoms with van der Waals surface area (Å²) in [7, 11) is 0.0206. The van der Waals surface area contributed by atoms with E-state index in [0.29, 0.717) is 0 Å². The molecule has 0 atom stereocenters. The van der Waals surface area contributed by atoms with Gasteiger partial charge >= 0.3 is 17.1 Å².